The first-order chi connectivity index (χ1) is 33.4. The number of halogens is 1. The lowest BCUT2D eigenvalue weighted by molar-refractivity contribution is -0.198. The van der Waals surface area contributed by atoms with Gasteiger partial charge in [0.1, 0.15) is 29.8 Å². The summed E-state index contributed by atoms with van der Waals surface area (Å²) in [5, 5.41) is 13.9. The van der Waals surface area contributed by atoms with Gasteiger partial charge in [-0.1, -0.05) is 62.3 Å². The van der Waals surface area contributed by atoms with Crippen molar-refractivity contribution in [2.24, 2.45) is 0 Å². The van der Waals surface area contributed by atoms with Crippen LogP contribution in [0.2, 0.25) is 23.2 Å². The number of methoxy groups -OCH3 is 4. The van der Waals surface area contributed by atoms with Crippen molar-refractivity contribution in [1.82, 2.24) is 5.32 Å². The topological polar surface area (TPSA) is 177 Å². The summed E-state index contributed by atoms with van der Waals surface area (Å²) in [5.41, 5.74) is -2.04. The van der Waals surface area contributed by atoms with Gasteiger partial charge in [-0.25, -0.2) is 4.79 Å². The zero-order chi connectivity index (χ0) is 51.2. The van der Waals surface area contributed by atoms with E-state index in [9.17, 15) is 14.7 Å². The molecule has 2 aliphatic carbocycles. The minimum Gasteiger partial charge on any atom is -0.497 e. The average molecular weight is 1010 g/mol. The summed E-state index contributed by atoms with van der Waals surface area (Å²) >= 11 is 7.17. The van der Waals surface area contributed by atoms with Crippen LogP contribution in [-0.4, -0.2) is 122 Å². The Morgan fingerprint density at radius 1 is 1.01 bits per heavy atom. The molecule has 0 aromatic heterocycles. The van der Waals surface area contributed by atoms with Gasteiger partial charge in [-0.2, -0.15) is 0 Å². The van der Waals surface area contributed by atoms with Crippen molar-refractivity contribution in [2.45, 2.75) is 152 Å². The molecule has 3 aliphatic rings. The molecule has 2 aromatic carbocycles. The van der Waals surface area contributed by atoms with Crippen molar-refractivity contribution in [3.05, 3.63) is 64.2 Å². The van der Waals surface area contributed by atoms with Crippen molar-refractivity contribution in [1.29, 1.82) is 0 Å². The minimum atomic E-state index is -2.65. The average Bonchev–Trinajstić information content (AvgIpc) is 4.07. The summed E-state index contributed by atoms with van der Waals surface area (Å²) in [6, 6.07) is 11.8. The van der Waals surface area contributed by atoms with E-state index in [-0.39, 0.29) is 56.2 Å². The van der Waals surface area contributed by atoms with Crippen LogP contribution in [0.15, 0.2) is 48.0 Å². The van der Waals surface area contributed by atoms with Gasteiger partial charge in [-0.15, -0.1) is 6.42 Å². The van der Waals surface area contributed by atoms with Crippen LogP contribution in [0.3, 0.4) is 0 Å². The Bertz CT molecular complexity index is 2180. The lowest BCUT2D eigenvalue weighted by Gasteiger charge is -2.44. The molecule has 0 radical (unpaired) electrons. The summed E-state index contributed by atoms with van der Waals surface area (Å²) in [5.74, 6) is 9.11. The summed E-state index contributed by atoms with van der Waals surface area (Å²) in [4.78, 5) is 25.8. The van der Waals surface area contributed by atoms with E-state index < -0.39 is 73.9 Å². The lowest BCUT2D eigenvalue weighted by Crippen LogP contribution is -2.56. The van der Waals surface area contributed by atoms with Crippen LogP contribution in [0.4, 0.5) is 4.79 Å². The third kappa shape index (κ3) is 14.0. The Labute approximate surface area is 419 Å². The van der Waals surface area contributed by atoms with Crippen LogP contribution in [0.1, 0.15) is 97.2 Å². The molecule has 1 aliphatic heterocycles. The van der Waals surface area contributed by atoms with Gasteiger partial charge in [-0.05, 0) is 93.2 Å². The third-order valence-electron chi connectivity index (χ3n) is 12.9. The zero-order valence-corrected chi connectivity index (χ0v) is 44.1. The van der Waals surface area contributed by atoms with E-state index in [0.29, 0.717) is 29.7 Å². The Kier molecular flexibility index (Phi) is 20.5. The highest BCUT2D eigenvalue weighted by molar-refractivity contribution is 6.73. The number of benzene rings is 2. The van der Waals surface area contributed by atoms with E-state index in [0.717, 1.165) is 36.5 Å². The maximum atomic E-state index is 13.1. The van der Waals surface area contributed by atoms with Crippen molar-refractivity contribution in [3.8, 4) is 41.4 Å². The highest BCUT2D eigenvalue weighted by Crippen LogP contribution is 2.49. The third-order valence-corrected chi connectivity index (χ3v) is 17.8. The monoisotopic (exact) mass is 1010 g/mol. The number of carbonyl (C=O) groups excluding carboxylic acids is 2. The highest BCUT2D eigenvalue weighted by Gasteiger charge is 2.57. The first kappa shape index (κ1) is 56.5. The van der Waals surface area contributed by atoms with E-state index >= 15 is 0 Å². The van der Waals surface area contributed by atoms with Gasteiger partial charge >= 0.3 is 12.1 Å². The fraction of sp³-hybridized carbons (Fsp3) is 0.615. The molecule has 0 bridgehead atoms. The van der Waals surface area contributed by atoms with Gasteiger partial charge in [0, 0.05) is 39.1 Å². The normalized spacial score (nSPS) is 22.0. The van der Waals surface area contributed by atoms with E-state index in [1.807, 2.05) is 30.3 Å². The fourth-order valence-electron chi connectivity index (χ4n) is 8.94. The number of ether oxygens (including phenoxy) is 11. The van der Waals surface area contributed by atoms with Gasteiger partial charge in [0.25, 0.3) is 0 Å². The van der Waals surface area contributed by atoms with Crippen LogP contribution < -0.4 is 19.5 Å². The number of hydrogen-bond acceptors (Lipinski definition) is 15. The van der Waals surface area contributed by atoms with Gasteiger partial charge < -0.3 is 67.0 Å². The van der Waals surface area contributed by atoms with Crippen molar-refractivity contribution >= 4 is 32.0 Å². The molecule has 1 unspecified atom stereocenters. The molecule has 1 saturated carbocycles. The maximum absolute atomic E-state index is 13.1. The smallest absolute Gasteiger partial charge is 0.408 e. The van der Waals surface area contributed by atoms with Crippen molar-refractivity contribution in [3.63, 3.8) is 0 Å². The van der Waals surface area contributed by atoms with Gasteiger partial charge in [0.15, 0.2) is 44.1 Å². The number of amides is 1. The molecular weight excluding hydrogens is 942 g/mol. The molecule has 5 rings (SSSR count). The van der Waals surface area contributed by atoms with Crippen LogP contribution >= 0.6 is 11.6 Å². The molecular formula is C52H72ClNO15Si. The van der Waals surface area contributed by atoms with Gasteiger partial charge in [-0.3, -0.25) is 4.79 Å². The number of terminal acetylenes is 1. The molecule has 1 heterocycles. The van der Waals surface area contributed by atoms with E-state index in [2.05, 4.69) is 43.8 Å². The predicted octanol–water partition coefficient (Wildman–Crippen LogP) is 8.56. The second kappa shape index (κ2) is 25.3. The molecule has 1 saturated heterocycles. The first-order valence-corrected chi connectivity index (χ1v) is 26.7. The minimum absolute atomic E-state index is 0.0210. The largest absolute Gasteiger partial charge is 0.497 e. The van der Waals surface area contributed by atoms with E-state index in [4.69, 9.17) is 74.6 Å². The quantitative estimate of drug-likeness (QED) is 0.0442. The summed E-state index contributed by atoms with van der Waals surface area (Å²) in [6.07, 6.45) is 7.93. The molecule has 70 heavy (non-hydrogen) atoms. The van der Waals surface area contributed by atoms with Crippen LogP contribution in [0, 0.1) is 24.2 Å². The highest BCUT2D eigenvalue weighted by atomic mass is 35.5. The molecule has 2 aromatic rings. The van der Waals surface area contributed by atoms with Gasteiger partial charge in [0.2, 0.25) is 0 Å². The number of carbonyl (C=O) groups is 2. The molecule has 386 valence electrons. The van der Waals surface area contributed by atoms with Gasteiger partial charge in [0.05, 0.1) is 57.6 Å². The molecule has 1 spiro atoms. The van der Waals surface area contributed by atoms with Crippen LogP contribution in [0.25, 0.3) is 0 Å². The second-order valence-corrected chi connectivity index (χ2v) is 23.7. The second-order valence-electron chi connectivity index (χ2n) is 18.6. The maximum Gasteiger partial charge on any atom is 0.408 e. The summed E-state index contributed by atoms with van der Waals surface area (Å²) < 4.78 is 73.3. The zero-order valence-electron chi connectivity index (χ0n) is 42.4. The molecule has 6 atom stereocenters. The molecule has 1 amide bonds. The number of rotatable bonds is 24. The standard InChI is InChI=1S/C52H72ClNO15Si/c1-12-44(66-47-41(53)26-37(27-43(47)64-35-59-9)42(29-46(56)61-11)54-48(57)67-49(5,6)7)52(69-70(13-2,14-3)15-4)30-40(63-34-58-8)28-38(52)22-25-50(33-65-51(68-50)23-16-17-24-51)45(31-55)62-32-36-18-20-39(60-10)21-19-36/h1,18-21,26-28,40,42,44-45,55H,13-17,23-24,29-35H2,2-11H3,(H,54,57)/t40-,42+,44?,45+,50+,52+/m1/s1. The molecule has 18 heteroatoms. The van der Waals surface area contributed by atoms with Crippen molar-refractivity contribution in [2.75, 3.05) is 55.2 Å². The Balaban J connectivity index is 1.66. The number of aliphatic hydroxyl groups excluding tert-OH is 1. The molecule has 2 fully saturated rings. The van der Waals surface area contributed by atoms with Crippen LogP contribution in [0.5, 0.6) is 17.2 Å². The predicted molar refractivity (Wildman–Crippen MR) is 264 cm³/mol. The number of alkyl carbamates (subject to hydrolysis) is 1. The van der Waals surface area contributed by atoms with E-state index in [1.54, 1.807) is 40.0 Å². The number of nitrogens with one attached hydrogen (secondary N) is 1. The number of hydrogen-bond donors (Lipinski definition) is 2. The summed E-state index contributed by atoms with van der Waals surface area (Å²) in [7, 11) is 3.19. The lowest BCUT2D eigenvalue weighted by atomic mass is 9.88. The summed E-state index contributed by atoms with van der Waals surface area (Å²) in [6.45, 7) is 11.0. The first-order valence-electron chi connectivity index (χ1n) is 23.8. The van der Waals surface area contributed by atoms with Crippen molar-refractivity contribution < 1.29 is 71.2 Å². The SMILES string of the molecule is C#CC(Oc1c(Cl)cc([C@H](CC(=O)OC)NC(=O)OC(C)(C)C)cc1OCOC)[C@]1(O[Si](CC)(CC)CC)C[C@H](OCOC)C=C1C#C[C@@]1([C@H](CO)OCc2ccc(OC)cc2)COC2(CCCC2)O1. The van der Waals surface area contributed by atoms with Crippen LogP contribution in [-0.2, 0) is 53.7 Å². The number of esters is 1. The Hall–Kier alpha value is -4.37. The molecule has 16 nitrogen and oxygen atoms in total. The fourth-order valence-corrected chi connectivity index (χ4v) is 12.2. The Morgan fingerprint density at radius 2 is 1.70 bits per heavy atom. The molecule has 2 N–H and O–H groups in total. The number of aliphatic hydroxyl groups is 1. The Morgan fingerprint density at radius 3 is 2.29 bits per heavy atom. The van der Waals surface area contributed by atoms with E-state index in [1.165, 1.54) is 21.3 Å².